The van der Waals surface area contributed by atoms with E-state index in [4.69, 9.17) is 18.9 Å². The average molecular weight is 1270 g/mol. The first-order valence-electron chi connectivity index (χ1n) is 37.5. The Morgan fingerprint density at radius 1 is 0.411 bits per heavy atom. The van der Waals surface area contributed by atoms with E-state index in [-0.39, 0.29) is 12.5 Å². The van der Waals surface area contributed by atoms with Crippen molar-refractivity contribution in [1.29, 1.82) is 0 Å². The van der Waals surface area contributed by atoms with E-state index in [1.165, 1.54) is 212 Å². The molecular formula is C76H139NO13. The molecule has 0 aromatic carbocycles. The van der Waals surface area contributed by atoms with Crippen molar-refractivity contribution in [3.63, 3.8) is 0 Å². The van der Waals surface area contributed by atoms with E-state index >= 15 is 0 Å². The van der Waals surface area contributed by atoms with E-state index in [1.807, 2.05) is 0 Å². The Bertz CT molecular complexity index is 1740. The van der Waals surface area contributed by atoms with Crippen LogP contribution in [-0.2, 0) is 23.7 Å². The predicted molar refractivity (Wildman–Crippen MR) is 369 cm³/mol. The van der Waals surface area contributed by atoms with Crippen molar-refractivity contribution < 1.29 is 64.6 Å². The molecule has 14 heteroatoms. The monoisotopic (exact) mass is 1270 g/mol. The Balaban J connectivity index is 1.61. The number of carbonyl (C=O) groups is 1. The third-order valence-electron chi connectivity index (χ3n) is 18.2. The first-order valence-corrected chi connectivity index (χ1v) is 37.5. The number of ether oxygens (including phenoxy) is 4. The van der Waals surface area contributed by atoms with Crippen LogP contribution >= 0.6 is 0 Å². The summed E-state index contributed by atoms with van der Waals surface area (Å²) in [4.78, 5) is 13.4. The lowest BCUT2D eigenvalue weighted by Gasteiger charge is -2.46. The summed E-state index contributed by atoms with van der Waals surface area (Å²) in [7, 11) is 0. The number of aliphatic hydroxyl groups excluding tert-OH is 8. The van der Waals surface area contributed by atoms with Crippen LogP contribution in [0.3, 0.4) is 0 Å². The normalized spacial score (nSPS) is 23.2. The Morgan fingerprint density at radius 3 is 1.18 bits per heavy atom. The first-order chi connectivity index (χ1) is 44.1. The summed E-state index contributed by atoms with van der Waals surface area (Å²) in [5, 5.41) is 87.7. The minimum atomic E-state index is -1.78. The Morgan fingerprint density at radius 2 is 0.767 bits per heavy atom. The van der Waals surface area contributed by atoms with Crippen molar-refractivity contribution in [2.24, 2.45) is 0 Å². The molecule has 2 aliphatic heterocycles. The van der Waals surface area contributed by atoms with Gasteiger partial charge in [-0.25, -0.2) is 0 Å². The summed E-state index contributed by atoms with van der Waals surface area (Å²) in [5.74, 6) is -0.202. The van der Waals surface area contributed by atoms with Crippen LogP contribution in [0.2, 0.25) is 0 Å². The number of carbonyl (C=O) groups excluding carboxylic acids is 1. The number of amides is 1. The molecule has 2 fully saturated rings. The van der Waals surface area contributed by atoms with Crippen LogP contribution in [0.25, 0.3) is 0 Å². The molecular weight excluding hydrogens is 1130 g/mol. The molecule has 2 aliphatic rings. The van der Waals surface area contributed by atoms with Gasteiger partial charge in [-0.3, -0.25) is 4.79 Å². The number of hydrogen-bond acceptors (Lipinski definition) is 13. The molecule has 14 nitrogen and oxygen atoms in total. The summed E-state index contributed by atoms with van der Waals surface area (Å²) in [6.45, 7) is 2.79. The fraction of sp³-hybridized carbons (Fsp3) is 0.855. The van der Waals surface area contributed by atoms with E-state index in [0.717, 1.165) is 83.5 Å². The molecule has 0 radical (unpaired) electrons. The highest BCUT2D eigenvalue weighted by molar-refractivity contribution is 5.76. The van der Waals surface area contributed by atoms with Crippen LogP contribution in [0, 0.1) is 0 Å². The number of aliphatic hydroxyl groups is 8. The smallest absolute Gasteiger partial charge is 0.220 e. The quantitative estimate of drug-likeness (QED) is 0.0204. The summed E-state index contributed by atoms with van der Waals surface area (Å²) >= 11 is 0. The van der Waals surface area contributed by atoms with Crippen LogP contribution in [-0.4, -0.2) is 140 Å². The second kappa shape index (κ2) is 60.4. The molecule has 0 aromatic rings. The fourth-order valence-electron chi connectivity index (χ4n) is 12.3. The molecule has 0 aliphatic carbocycles. The fourth-order valence-corrected chi connectivity index (χ4v) is 12.3. The number of unbranched alkanes of at least 4 members (excludes halogenated alkanes) is 39. The molecule has 0 bridgehead atoms. The summed E-state index contributed by atoms with van der Waals surface area (Å²) in [6.07, 6.45) is 63.9. The summed E-state index contributed by atoms with van der Waals surface area (Å²) in [6, 6.07) is -0.830. The molecule has 90 heavy (non-hydrogen) atoms. The predicted octanol–water partition coefficient (Wildman–Crippen LogP) is 16.0. The van der Waals surface area contributed by atoms with Gasteiger partial charge < -0.3 is 65.1 Å². The Kier molecular flexibility index (Phi) is 56.2. The van der Waals surface area contributed by atoms with Gasteiger partial charge >= 0.3 is 0 Å². The van der Waals surface area contributed by atoms with Crippen LogP contribution < -0.4 is 5.32 Å². The van der Waals surface area contributed by atoms with Crippen molar-refractivity contribution >= 4 is 5.91 Å². The zero-order chi connectivity index (χ0) is 65.2. The van der Waals surface area contributed by atoms with Crippen molar-refractivity contribution in [2.75, 3.05) is 19.8 Å². The molecule has 0 spiro atoms. The van der Waals surface area contributed by atoms with Gasteiger partial charge in [0.25, 0.3) is 0 Å². The molecule has 0 aromatic heterocycles. The molecule has 9 N–H and O–H groups in total. The molecule has 2 rings (SSSR count). The lowest BCUT2D eigenvalue weighted by Crippen LogP contribution is -2.65. The van der Waals surface area contributed by atoms with Gasteiger partial charge in [-0.1, -0.05) is 319 Å². The van der Waals surface area contributed by atoms with Crippen molar-refractivity contribution in [1.82, 2.24) is 5.32 Å². The standard InChI is InChI=1S/C76H139NO13/c1-3-5-7-9-11-13-15-17-19-21-23-25-26-27-28-29-30-31-32-33-34-35-36-37-38-40-42-44-46-48-50-52-54-56-58-60-68(81)77-64(65(80)59-57-55-53-51-49-47-45-43-41-39-24-22-20-18-16-14-12-10-8-6-4-2)63-87-75-73(86)71(84)74(67(62-79)89-75)90-76-72(85)70(83)69(82)66(61-78)88-76/h5,7,11,13,17,19,23,25,27-28,64-67,69-76,78-80,82-86H,3-4,6,8-10,12,14-16,18,20-22,24,26,29-63H2,1-2H3,(H,77,81)/b7-5-,13-11-,19-17-,25-23-,28-27-. The summed E-state index contributed by atoms with van der Waals surface area (Å²) in [5.41, 5.74) is 0. The Hall–Kier alpha value is -2.31. The lowest BCUT2D eigenvalue weighted by atomic mass is 9.97. The van der Waals surface area contributed by atoms with Crippen molar-refractivity contribution in [3.05, 3.63) is 60.8 Å². The lowest BCUT2D eigenvalue weighted by molar-refractivity contribution is -0.359. The zero-order valence-corrected chi connectivity index (χ0v) is 57.4. The van der Waals surface area contributed by atoms with Crippen LogP contribution in [0.5, 0.6) is 0 Å². The first kappa shape index (κ1) is 83.8. The highest BCUT2D eigenvalue weighted by atomic mass is 16.7. The van der Waals surface area contributed by atoms with E-state index in [0.29, 0.717) is 12.8 Å². The molecule has 12 atom stereocenters. The van der Waals surface area contributed by atoms with Gasteiger partial charge in [-0.15, -0.1) is 0 Å². The van der Waals surface area contributed by atoms with E-state index in [9.17, 15) is 45.6 Å². The van der Waals surface area contributed by atoms with E-state index in [2.05, 4.69) is 79.9 Å². The molecule has 12 unspecified atom stereocenters. The molecule has 2 heterocycles. The second-order valence-corrected chi connectivity index (χ2v) is 26.4. The SMILES string of the molecule is CC/C=C\C/C=C\C/C=C\C/C=C\C/C=C\CCCCCCCCCCCCCCCCCCCCCC(=O)NC(COC1OC(CO)C(OC2OC(CO)C(O)C(O)C2O)C(O)C1O)C(O)CCCCCCCCCCCCCCCCCCCCCCC. The maximum Gasteiger partial charge on any atom is 0.220 e. The van der Waals surface area contributed by atoms with Crippen LogP contribution in [0.1, 0.15) is 322 Å². The molecule has 1 amide bonds. The van der Waals surface area contributed by atoms with Gasteiger partial charge in [0.05, 0.1) is 32.0 Å². The van der Waals surface area contributed by atoms with Gasteiger partial charge in [0.2, 0.25) is 5.91 Å². The maximum atomic E-state index is 13.4. The van der Waals surface area contributed by atoms with Gasteiger partial charge in [-0.05, 0) is 57.8 Å². The van der Waals surface area contributed by atoms with Gasteiger partial charge in [0.1, 0.15) is 48.8 Å². The minimum Gasteiger partial charge on any atom is -0.394 e. The second-order valence-electron chi connectivity index (χ2n) is 26.4. The van der Waals surface area contributed by atoms with E-state index in [1.54, 1.807) is 0 Å². The number of allylic oxidation sites excluding steroid dienone is 10. The highest BCUT2D eigenvalue weighted by Gasteiger charge is 2.51. The van der Waals surface area contributed by atoms with E-state index < -0.39 is 86.8 Å². The van der Waals surface area contributed by atoms with Crippen molar-refractivity contribution in [2.45, 2.75) is 396 Å². The molecule has 2 saturated heterocycles. The summed E-state index contributed by atoms with van der Waals surface area (Å²) < 4.78 is 22.9. The van der Waals surface area contributed by atoms with Gasteiger partial charge in [0.15, 0.2) is 12.6 Å². The van der Waals surface area contributed by atoms with Gasteiger partial charge in [-0.2, -0.15) is 0 Å². The number of hydrogen-bond donors (Lipinski definition) is 9. The third kappa shape index (κ3) is 43.6. The highest BCUT2D eigenvalue weighted by Crippen LogP contribution is 2.30. The van der Waals surface area contributed by atoms with Crippen LogP contribution in [0.4, 0.5) is 0 Å². The Labute approximate surface area is 549 Å². The zero-order valence-electron chi connectivity index (χ0n) is 57.4. The number of nitrogens with one attached hydrogen (secondary N) is 1. The van der Waals surface area contributed by atoms with Crippen molar-refractivity contribution in [3.8, 4) is 0 Å². The largest absolute Gasteiger partial charge is 0.394 e. The topological polar surface area (TPSA) is 228 Å². The number of rotatable bonds is 62. The van der Waals surface area contributed by atoms with Crippen LogP contribution in [0.15, 0.2) is 60.8 Å². The maximum absolute atomic E-state index is 13.4. The third-order valence-corrected chi connectivity index (χ3v) is 18.2. The molecule has 0 saturated carbocycles. The molecule has 526 valence electrons. The van der Waals surface area contributed by atoms with Gasteiger partial charge in [0, 0.05) is 6.42 Å². The average Bonchev–Trinajstić information content (AvgIpc) is 1.28. The minimum absolute atomic E-state index is 0.202.